The number of imidazole rings is 1. The summed E-state index contributed by atoms with van der Waals surface area (Å²) < 4.78 is 2.14. The van der Waals surface area contributed by atoms with Crippen molar-refractivity contribution in [2.45, 2.75) is 25.9 Å². The van der Waals surface area contributed by atoms with Crippen molar-refractivity contribution < 1.29 is 0 Å². The minimum absolute atomic E-state index is 0.755. The fourth-order valence-electron chi connectivity index (χ4n) is 3.60. The van der Waals surface area contributed by atoms with Crippen molar-refractivity contribution in [3.05, 3.63) is 18.2 Å². The second-order valence-electron chi connectivity index (χ2n) is 5.48. The summed E-state index contributed by atoms with van der Waals surface area (Å²) in [5, 5.41) is 3.54. The first-order chi connectivity index (χ1) is 8.29. The van der Waals surface area contributed by atoms with Crippen molar-refractivity contribution >= 4 is 0 Å². The fourth-order valence-corrected chi connectivity index (χ4v) is 3.60. The monoisotopic (exact) mass is 234 g/mol. The maximum Gasteiger partial charge on any atom is 0.0945 e. The molecule has 4 heteroatoms. The third kappa shape index (κ3) is 1.89. The van der Waals surface area contributed by atoms with Crippen molar-refractivity contribution in [2.24, 2.45) is 18.9 Å². The maximum atomic E-state index is 4.21. The Balaban J connectivity index is 1.73. The highest BCUT2D eigenvalue weighted by Gasteiger charge is 2.42. The zero-order valence-electron chi connectivity index (χ0n) is 10.8. The molecule has 0 aliphatic carbocycles. The zero-order chi connectivity index (χ0) is 11.8. The van der Waals surface area contributed by atoms with Crippen LogP contribution in [0.15, 0.2) is 12.5 Å². The standard InChI is InChI=1S/C13H22N4/c1-3-13-12-6-14-4-10(12)7-17(13)8-11-5-15-9-16(11)2/h5,9-10,12-14H,3-4,6-8H2,1-2H3. The summed E-state index contributed by atoms with van der Waals surface area (Å²) in [5.74, 6) is 1.74. The molecule has 0 saturated carbocycles. The molecule has 3 atom stereocenters. The molecule has 2 fully saturated rings. The number of aromatic nitrogens is 2. The Morgan fingerprint density at radius 2 is 2.35 bits per heavy atom. The summed E-state index contributed by atoms with van der Waals surface area (Å²) >= 11 is 0. The summed E-state index contributed by atoms with van der Waals surface area (Å²) in [6.07, 6.45) is 5.16. The quantitative estimate of drug-likeness (QED) is 0.841. The summed E-state index contributed by atoms with van der Waals surface area (Å²) in [4.78, 5) is 6.87. The minimum Gasteiger partial charge on any atom is -0.337 e. The molecule has 3 heterocycles. The van der Waals surface area contributed by atoms with Gasteiger partial charge >= 0.3 is 0 Å². The highest BCUT2D eigenvalue weighted by atomic mass is 15.2. The Morgan fingerprint density at radius 3 is 3.06 bits per heavy atom. The Hall–Kier alpha value is -0.870. The Morgan fingerprint density at radius 1 is 1.47 bits per heavy atom. The average Bonchev–Trinajstić information content (AvgIpc) is 2.96. The van der Waals surface area contributed by atoms with Crippen LogP contribution >= 0.6 is 0 Å². The lowest BCUT2D eigenvalue weighted by Crippen LogP contribution is -2.35. The molecule has 17 heavy (non-hydrogen) atoms. The number of hydrogen-bond donors (Lipinski definition) is 1. The molecule has 1 N–H and O–H groups in total. The summed E-state index contributed by atoms with van der Waals surface area (Å²) in [6, 6.07) is 0.755. The molecule has 2 aliphatic heterocycles. The summed E-state index contributed by atoms with van der Waals surface area (Å²) in [5.41, 5.74) is 1.33. The van der Waals surface area contributed by atoms with Crippen LogP contribution in [-0.4, -0.2) is 40.1 Å². The van der Waals surface area contributed by atoms with E-state index in [4.69, 9.17) is 0 Å². The smallest absolute Gasteiger partial charge is 0.0945 e. The Labute approximate surface area is 103 Å². The largest absolute Gasteiger partial charge is 0.337 e. The minimum atomic E-state index is 0.755. The van der Waals surface area contributed by atoms with Gasteiger partial charge in [-0.05, 0) is 31.3 Å². The van der Waals surface area contributed by atoms with Crippen molar-refractivity contribution in [3.63, 3.8) is 0 Å². The van der Waals surface area contributed by atoms with Crippen molar-refractivity contribution in [1.29, 1.82) is 0 Å². The number of aryl methyl sites for hydroxylation is 1. The van der Waals surface area contributed by atoms with E-state index in [9.17, 15) is 0 Å². The number of likely N-dealkylation sites (tertiary alicyclic amines) is 1. The lowest BCUT2D eigenvalue weighted by molar-refractivity contribution is 0.206. The molecule has 1 aromatic heterocycles. The molecule has 1 aromatic rings. The van der Waals surface area contributed by atoms with Gasteiger partial charge in [-0.15, -0.1) is 0 Å². The van der Waals surface area contributed by atoms with Gasteiger partial charge in [-0.2, -0.15) is 0 Å². The number of fused-ring (bicyclic) bond motifs is 1. The SMILES string of the molecule is CCC1C2CNCC2CN1Cc1cncn1C. The van der Waals surface area contributed by atoms with Crippen molar-refractivity contribution in [1.82, 2.24) is 19.8 Å². The van der Waals surface area contributed by atoms with Gasteiger partial charge in [-0.25, -0.2) is 4.98 Å². The molecule has 3 unspecified atom stereocenters. The first kappa shape index (κ1) is 11.2. The highest BCUT2D eigenvalue weighted by molar-refractivity contribution is 5.03. The van der Waals surface area contributed by atoms with Crippen molar-refractivity contribution in [2.75, 3.05) is 19.6 Å². The average molecular weight is 234 g/mol. The van der Waals surface area contributed by atoms with E-state index in [1.165, 1.54) is 31.7 Å². The van der Waals surface area contributed by atoms with Gasteiger partial charge in [0, 0.05) is 32.4 Å². The number of nitrogens with one attached hydrogen (secondary N) is 1. The van der Waals surface area contributed by atoms with E-state index in [2.05, 4.69) is 33.7 Å². The van der Waals surface area contributed by atoms with Gasteiger partial charge in [-0.1, -0.05) is 6.92 Å². The normalized spacial score (nSPS) is 33.2. The van der Waals surface area contributed by atoms with Crippen molar-refractivity contribution in [3.8, 4) is 0 Å². The van der Waals surface area contributed by atoms with E-state index in [0.29, 0.717) is 0 Å². The summed E-state index contributed by atoms with van der Waals surface area (Å²) in [7, 11) is 2.09. The van der Waals surface area contributed by atoms with Gasteiger partial charge < -0.3 is 9.88 Å². The first-order valence-electron chi connectivity index (χ1n) is 6.69. The van der Waals surface area contributed by atoms with Crippen LogP contribution in [0.1, 0.15) is 19.0 Å². The van der Waals surface area contributed by atoms with Gasteiger partial charge in [0.25, 0.3) is 0 Å². The van der Waals surface area contributed by atoms with Gasteiger partial charge in [0.15, 0.2) is 0 Å². The van der Waals surface area contributed by atoms with Crippen LogP contribution in [0.2, 0.25) is 0 Å². The molecular formula is C13H22N4. The van der Waals surface area contributed by atoms with Gasteiger partial charge in [0.05, 0.1) is 12.0 Å². The van der Waals surface area contributed by atoms with Crippen LogP contribution in [0.4, 0.5) is 0 Å². The molecule has 2 saturated heterocycles. The molecule has 0 aromatic carbocycles. The topological polar surface area (TPSA) is 33.1 Å². The molecule has 0 amide bonds. The number of hydrogen-bond acceptors (Lipinski definition) is 3. The number of rotatable bonds is 3. The third-order valence-corrected chi connectivity index (χ3v) is 4.52. The van der Waals surface area contributed by atoms with E-state index in [0.717, 1.165) is 24.4 Å². The van der Waals surface area contributed by atoms with E-state index in [1.54, 1.807) is 0 Å². The molecular weight excluding hydrogens is 212 g/mol. The molecule has 0 bridgehead atoms. The fraction of sp³-hybridized carbons (Fsp3) is 0.769. The molecule has 3 rings (SSSR count). The van der Waals surface area contributed by atoms with Gasteiger partial charge in [-0.3, -0.25) is 4.90 Å². The van der Waals surface area contributed by atoms with Gasteiger partial charge in [0.2, 0.25) is 0 Å². The lowest BCUT2D eigenvalue weighted by Gasteiger charge is -2.26. The second kappa shape index (κ2) is 4.42. The van der Waals surface area contributed by atoms with E-state index < -0.39 is 0 Å². The Bertz CT molecular complexity index is 387. The van der Waals surface area contributed by atoms with Crippen LogP contribution in [0.3, 0.4) is 0 Å². The molecule has 94 valence electrons. The first-order valence-corrected chi connectivity index (χ1v) is 6.69. The molecule has 4 nitrogen and oxygen atoms in total. The molecule has 0 radical (unpaired) electrons. The second-order valence-corrected chi connectivity index (χ2v) is 5.48. The van der Waals surface area contributed by atoms with E-state index >= 15 is 0 Å². The van der Waals surface area contributed by atoms with E-state index in [1.807, 2.05) is 12.5 Å². The van der Waals surface area contributed by atoms with Crippen LogP contribution < -0.4 is 5.32 Å². The van der Waals surface area contributed by atoms with Crippen LogP contribution in [0, 0.1) is 11.8 Å². The predicted molar refractivity (Wildman–Crippen MR) is 67.5 cm³/mol. The van der Waals surface area contributed by atoms with Crippen LogP contribution in [-0.2, 0) is 13.6 Å². The molecule has 2 aliphatic rings. The van der Waals surface area contributed by atoms with Crippen LogP contribution in [0.25, 0.3) is 0 Å². The Kier molecular flexibility index (Phi) is 2.92. The predicted octanol–water partition coefficient (Wildman–Crippen LogP) is 0.850. The third-order valence-electron chi connectivity index (χ3n) is 4.52. The zero-order valence-corrected chi connectivity index (χ0v) is 10.8. The summed E-state index contributed by atoms with van der Waals surface area (Å²) in [6.45, 7) is 7.05. The highest BCUT2D eigenvalue weighted by Crippen LogP contribution is 2.34. The number of nitrogens with zero attached hydrogens (tertiary/aromatic N) is 3. The van der Waals surface area contributed by atoms with Gasteiger partial charge in [0.1, 0.15) is 0 Å². The lowest BCUT2D eigenvalue weighted by atomic mass is 9.93. The van der Waals surface area contributed by atoms with E-state index in [-0.39, 0.29) is 0 Å². The van der Waals surface area contributed by atoms with Crippen LogP contribution in [0.5, 0.6) is 0 Å². The maximum absolute atomic E-state index is 4.21. The molecule has 0 spiro atoms.